The number of halogens is 1. The Morgan fingerprint density at radius 3 is 2.84 bits per heavy atom. The third-order valence-electron chi connectivity index (χ3n) is 2.58. The molecule has 0 spiro atoms. The zero-order chi connectivity index (χ0) is 14.3. The molecule has 0 aromatic carbocycles. The van der Waals surface area contributed by atoms with Crippen molar-refractivity contribution in [1.82, 2.24) is 19.2 Å². The van der Waals surface area contributed by atoms with E-state index in [9.17, 15) is 21.2 Å². The molecule has 0 amide bonds. The summed E-state index contributed by atoms with van der Waals surface area (Å²) < 4.78 is 65.1. The zero-order valence-corrected chi connectivity index (χ0v) is 11.7. The van der Waals surface area contributed by atoms with Gasteiger partial charge in [0.05, 0.1) is 5.69 Å². The summed E-state index contributed by atoms with van der Waals surface area (Å²) in [6.07, 6.45) is 0.307. The minimum absolute atomic E-state index is 0.170. The van der Waals surface area contributed by atoms with Gasteiger partial charge in [-0.2, -0.15) is 5.10 Å². The van der Waals surface area contributed by atoms with Gasteiger partial charge >= 0.3 is 0 Å². The van der Waals surface area contributed by atoms with Gasteiger partial charge in [0.2, 0.25) is 10.0 Å². The lowest BCUT2D eigenvalue weighted by atomic mass is 10.3. The van der Waals surface area contributed by atoms with E-state index in [0.717, 1.165) is 4.68 Å². The summed E-state index contributed by atoms with van der Waals surface area (Å²) in [7, 11) is -6.71. The first-order valence-corrected chi connectivity index (χ1v) is 8.37. The lowest BCUT2D eigenvalue weighted by molar-refractivity contribution is 0.483. The van der Waals surface area contributed by atoms with Crippen LogP contribution in [0.25, 0.3) is 0 Å². The second-order valence-electron chi connectivity index (χ2n) is 3.94. The lowest BCUT2D eigenvalue weighted by Gasteiger charge is -2.13. The number of rotatable bonds is 4. The third kappa shape index (κ3) is 2.50. The molecule has 0 saturated heterocycles. The monoisotopic (exact) mass is 312 g/mol. The lowest BCUT2D eigenvalue weighted by Crippen LogP contribution is -2.34. The molecule has 1 aliphatic heterocycles. The van der Waals surface area contributed by atoms with Crippen LogP contribution >= 0.6 is 0 Å². The minimum Gasteiger partial charge on any atom is -0.255 e. The van der Waals surface area contributed by atoms with Crippen molar-refractivity contribution >= 4 is 20.0 Å². The van der Waals surface area contributed by atoms with E-state index in [1.54, 1.807) is 0 Å². The summed E-state index contributed by atoms with van der Waals surface area (Å²) in [5.41, 5.74) is 0.196. The van der Waals surface area contributed by atoms with Crippen LogP contribution < -0.4 is 9.44 Å². The molecule has 2 rings (SSSR count). The molecule has 11 heteroatoms. The third-order valence-corrected chi connectivity index (χ3v) is 5.83. The summed E-state index contributed by atoms with van der Waals surface area (Å²) in [5, 5.41) is 3.44. The van der Waals surface area contributed by atoms with Gasteiger partial charge in [0.15, 0.2) is 5.03 Å². The highest BCUT2D eigenvalue weighted by atomic mass is 32.2. The van der Waals surface area contributed by atoms with Crippen LogP contribution in [0.4, 0.5) is 4.39 Å². The summed E-state index contributed by atoms with van der Waals surface area (Å²) in [5.74, 6) is 0. The molecule has 19 heavy (non-hydrogen) atoms. The summed E-state index contributed by atoms with van der Waals surface area (Å²) >= 11 is 0. The number of aryl methyl sites for hydroxylation is 1. The van der Waals surface area contributed by atoms with Gasteiger partial charge < -0.3 is 0 Å². The van der Waals surface area contributed by atoms with Crippen molar-refractivity contribution in [2.45, 2.75) is 16.3 Å². The maximum Gasteiger partial charge on any atom is 0.259 e. The smallest absolute Gasteiger partial charge is 0.255 e. The van der Waals surface area contributed by atoms with E-state index >= 15 is 0 Å². The zero-order valence-electron chi connectivity index (χ0n) is 10.1. The van der Waals surface area contributed by atoms with E-state index in [1.807, 2.05) is 4.72 Å². The van der Waals surface area contributed by atoms with Crippen LogP contribution in [0.5, 0.6) is 0 Å². The fourth-order valence-electron chi connectivity index (χ4n) is 1.89. The van der Waals surface area contributed by atoms with Gasteiger partial charge in [0.1, 0.15) is 11.6 Å². The van der Waals surface area contributed by atoms with Gasteiger partial charge in [0, 0.05) is 26.6 Å². The van der Waals surface area contributed by atoms with E-state index in [1.165, 1.54) is 7.05 Å². The number of aromatic nitrogens is 2. The number of fused-ring (bicyclic) bond motifs is 1. The average molecular weight is 312 g/mol. The average Bonchev–Trinajstić information content (AvgIpc) is 2.65. The largest absolute Gasteiger partial charge is 0.259 e. The first-order chi connectivity index (χ1) is 8.79. The van der Waals surface area contributed by atoms with E-state index in [4.69, 9.17) is 0 Å². The normalized spacial score (nSPS) is 18.2. The van der Waals surface area contributed by atoms with E-state index in [-0.39, 0.29) is 17.1 Å². The Morgan fingerprint density at radius 1 is 1.53 bits per heavy atom. The van der Waals surface area contributed by atoms with Crippen molar-refractivity contribution in [3.63, 3.8) is 0 Å². The molecule has 2 heterocycles. The van der Waals surface area contributed by atoms with Gasteiger partial charge in [-0.1, -0.05) is 0 Å². The van der Waals surface area contributed by atoms with Gasteiger partial charge in [-0.15, -0.1) is 0 Å². The standard InChI is InChI=1S/C8H13FN4O4S2/c1-13-8(19(16,17)11-5-3-9)7-6(12-13)2-4-10-18(7,14)15/h10-11H,2-5H2,1H3. The van der Waals surface area contributed by atoms with Crippen LogP contribution in [0.1, 0.15) is 5.69 Å². The molecule has 2 N–H and O–H groups in total. The van der Waals surface area contributed by atoms with Crippen LogP contribution in [-0.4, -0.2) is 46.4 Å². The molecule has 0 atom stereocenters. The van der Waals surface area contributed by atoms with Crippen molar-refractivity contribution in [2.24, 2.45) is 7.05 Å². The number of alkyl halides is 1. The Balaban J connectivity index is 2.63. The van der Waals surface area contributed by atoms with Crippen molar-refractivity contribution in [3.8, 4) is 0 Å². The molecule has 8 nitrogen and oxygen atoms in total. The molecule has 1 aromatic heterocycles. The molecule has 108 valence electrons. The topological polar surface area (TPSA) is 110 Å². The maximum absolute atomic E-state index is 12.1. The number of sulfonamides is 2. The fourth-order valence-corrected chi connectivity index (χ4v) is 5.11. The molecular weight excluding hydrogens is 299 g/mol. The summed E-state index contributed by atoms with van der Waals surface area (Å²) in [6, 6.07) is 0. The van der Waals surface area contributed by atoms with Crippen molar-refractivity contribution in [2.75, 3.05) is 19.8 Å². The second kappa shape index (κ2) is 4.81. The van der Waals surface area contributed by atoms with E-state index in [0.29, 0.717) is 6.42 Å². The van der Waals surface area contributed by atoms with Gasteiger partial charge in [-0.3, -0.25) is 4.68 Å². The number of hydrogen-bond donors (Lipinski definition) is 2. The van der Waals surface area contributed by atoms with Crippen molar-refractivity contribution in [3.05, 3.63) is 5.69 Å². The number of nitrogens with one attached hydrogen (secondary N) is 2. The Bertz CT molecular complexity index is 695. The molecule has 0 aliphatic carbocycles. The molecule has 0 unspecified atom stereocenters. The molecule has 1 aromatic rings. The Kier molecular flexibility index (Phi) is 3.64. The van der Waals surface area contributed by atoms with E-state index < -0.39 is 38.3 Å². The van der Waals surface area contributed by atoms with Crippen LogP contribution in [-0.2, 0) is 33.5 Å². The number of nitrogens with zero attached hydrogens (tertiary/aromatic N) is 2. The first kappa shape index (κ1) is 14.4. The summed E-state index contributed by atoms with van der Waals surface area (Å²) in [4.78, 5) is -0.354. The quantitative estimate of drug-likeness (QED) is 0.703. The highest BCUT2D eigenvalue weighted by Gasteiger charge is 2.36. The molecule has 0 bridgehead atoms. The second-order valence-corrected chi connectivity index (χ2v) is 7.33. The van der Waals surface area contributed by atoms with Crippen LogP contribution in [0.3, 0.4) is 0 Å². The molecule has 0 radical (unpaired) electrons. The predicted octanol–water partition coefficient (Wildman–Crippen LogP) is -1.50. The molecule has 1 aliphatic rings. The Hall–Kier alpha value is -1.04. The predicted molar refractivity (Wildman–Crippen MR) is 63.3 cm³/mol. The number of hydrogen-bond acceptors (Lipinski definition) is 5. The molecule has 0 fully saturated rings. The Labute approximate surface area is 110 Å². The first-order valence-electron chi connectivity index (χ1n) is 5.41. The van der Waals surface area contributed by atoms with Crippen LogP contribution in [0.15, 0.2) is 9.92 Å². The van der Waals surface area contributed by atoms with Gasteiger partial charge in [0.25, 0.3) is 10.0 Å². The van der Waals surface area contributed by atoms with Crippen LogP contribution in [0, 0.1) is 0 Å². The van der Waals surface area contributed by atoms with Gasteiger partial charge in [-0.05, 0) is 0 Å². The Morgan fingerprint density at radius 2 is 2.21 bits per heavy atom. The van der Waals surface area contributed by atoms with E-state index in [2.05, 4.69) is 9.82 Å². The fraction of sp³-hybridized carbons (Fsp3) is 0.625. The van der Waals surface area contributed by atoms with Crippen molar-refractivity contribution in [1.29, 1.82) is 0 Å². The van der Waals surface area contributed by atoms with Crippen molar-refractivity contribution < 1.29 is 21.2 Å². The molecule has 0 saturated carbocycles. The highest BCUT2D eigenvalue weighted by molar-refractivity contribution is 7.92. The van der Waals surface area contributed by atoms with Crippen LogP contribution in [0.2, 0.25) is 0 Å². The van der Waals surface area contributed by atoms with Gasteiger partial charge in [-0.25, -0.2) is 30.7 Å². The molecular formula is C8H13FN4O4S2. The highest BCUT2D eigenvalue weighted by Crippen LogP contribution is 2.26. The minimum atomic E-state index is -4.13. The maximum atomic E-state index is 12.1. The summed E-state index contributed by atoms with van der Waals surface area (Å²) in [6.45, 7) is -1.14. The SMILES string of the molecule is Cn1nc2c(c1S(=O)(=O)NCCF)S(=O)(=O)NCC2.